The molecule has 16 heavy (non-hydrogen) atoms. The summed E-state index contributed by atoms with van der Waals surface area (Å²) >= 11 is 1.88. The molecule has 0 atom stereocenters. The number of thioether (sulfide) groups is 1. The van der Waals surface area contributed by atoms with Crippen molar-refractivity contribution in [3.8, 4) is 0 Å². The lowest BCUT2D eigenvalue weighted by Gasteiger charge is -2.07. The Bertz CT molecular complexity index is 272. The van der Waals surface area contributed by atoms with E-state index in [9.17, 15) is 0 Å². The first kappa shape index (κ1) is 13.4. The van der Waals surface area contributed by atoms with Crippen LogP contribution in [0.3, 0.4) is 0 Å². The van der Waals surface area contributed by atoms with E-state index in [1.165, 1.54) is 23.4 Å². The van der Waals surface area contributed by atoms with Gasteiger partial charge in [-0.05, 0) is 56.5 Å². The van der Waals surface area contributed by atoms with Gasteiger partial charge in [-0.3, -0.25) is 0 Å². The van der Waals surface area contributed by atoms with Crippen molar-refractivity contribution in [3.05, 3.63) is 24.3 Å². The fourth-order valence-corrected chi connectivity index (χ4v) is 2.16. The van der Waals surface area contributed by atoms with Crippen LogP contribution in [-0.4, -0.2) is 25.9 Å². The molecule has 0 aliphatic carbocycles. The molecule has 0 spiro atoms. The van der Waals surface area contributed by atoms with Crippen molar-refractivity contribution in [1.82, 2.24) is 5.32 Å². The van der Waals surface area contributed by atoms with Crippen molar-refractivity contribution in [1.29, 1.82) is 0 Å². The second-order valence-electron chi connectivity index (χ2n) is 3.69. The molecule has 1 aromatic carbocycles. The summed E-state index contributed by atoms with van der Waals surface area (Å²) in [6.07, 6.45) is 2.44. The molecule has 0 aliphatic rings. The fourth-order valence-electron chi connectivity index (χ4n) is 1.50. The first-order chi connectivity index (χ1) is 7.86. The van der Waals surface area contributed by atoms with E-state index >= 15 is 0 Å². The predicted octanol–water partition coefficient (Wildman–Crippen LogP) is 3.21. The second-order valence-corrected chi connectivity index (χ2v) is 5.03. The number of hydrogen-bond donors (Lipinski definition) is 2. The van der Waals surface area contributed by atoms with Crippen LogP contribution in [0.2, 0.25) is 0 Å². The summed E-state index contributed by atoms with van der Waals surface area (Å²) in [5.74, 6) is 1.14. The maximum atomic E-state index is 3.44. The number of nitrogens with one attached hydrogen (secondary N) is 2. The molecular formula is C13H22N2S. The highest BCUT2D eigenvalue weighted by Crippen LogP contribution is 2.19. The SMILES string of the molecule is CCSc1ccc(NCCCCNC)cc1. The third-order valence-electron chi connectivity index (χ3n) is 2.35. The lowest BCUT2D eigenvalue weighted by Crippen LogP contribution is -2.10. The number of benzene rings is 1. The third kappa shape index (κ3) is 5.42. The normalized spacial score (nSPS) is 10.4. The smallest absolute Gasteiger partial charge is 0.0340 e. The van der Waals surface area contributed by atoms with Crippen LogP contribution >= 0.6 is 11.8 Å². The van der Waals surface area contributed by atoms with Crippen molar-refractivity contribution >= 4 is 17.4 Å². The average molecular weight is 238 g/mol. The van der Waals surface area contributed by atoms with Crippen LogP contribution in [0.25, 0.3) is 0 Å². The van der Waals surface area contributed by atoms with E-state index in [1.807, 2.05) is 18.8 Å². The van der Waals surface area contributed by atoms with Crippen LogP contribution in [0.4, 0.5) is 5.69 Å². The van der Waals surface area contributed by atoms with E-state index in [4.69, 9.17) is 0 Å². The van der Waals surface area contributed by atoms with Gasteiger partial charge >= 0.3 is 0 Å². The average Bonchev–Trinajstić information content (AvgIpc) is 2.31. The van der Waals surface area contributed by atoms with Crippen molar-refractivity contribution in [2.75, 3.05) is 31.2 Å². The minimum atomic E-state index is 1.06. The number of unbranched alkanes of at least 4 members (excludes halogenated alkanes) is 1. The summed E-state index contributed by atoms with van der Waals surface area (Å²) in [4.78, 5) is 1.35. The molecule has 0 saturated heterocycles. The second kappa shape index (κ2) is 8.48. The maximum Gasteiger partial charge on any atom is 0.0340 e. The van der Waals surface area contributed by atoms with Gasteiger partial charge in [-0.25, -0.2) is 0 Å². The highest BCUT2D eigenvalue weighted by Gasteiger charge is 1.93. The highest BCUT2D eigenvalue weighted by molar-refractivity contribution is 7.99. The number of rotatable bonds is 8. The number of anilines is 1. The van der Waals surface area contributed by atoms with E-state index in [1.54, 1.807) is 0 Å². The van der Waals surface area contributed by atoms with Gasteiger partial charge in [-0.1, -0.05) is 6.92 Å². The summed E-state index contributed by atoms with van der Waals surface area (Å²) < 4.78 is 0. The molecule has 0 saturated carbocycles. The van der Waals surface area contributed by atoms with Crippen LogP contribution in [0.1, 0.15) is 19.8 Å². The standard InChI is InChI=1S/C13H22N2S/c1-3-16-13-8-6-12(7-9-13)15-11-5-4-10-14-2/h6-9,14-15H,3-5,10-11H2,1-2H3. The maximum absolute atomic E-state index is 3.44. The molecule has 1 rings (SSSR count). The Labute approximate surface area is 103 Å². The molecule has 0 heterocycles. The molecule has 0 fully saturated rings. The quantitative estimate of drug-likeness (QED) is 0.537. The van der Waals surface area contributed by atoms with Crippen molar-refractivity contribution < 1.29 is 0 Å². The zero-order valence-corrected chi connectivity index (χ0v) is 11.1. The van der Waals surface area contributed by atoms with E-state index in [-0.39, 0.29) is 0 Å². The summed E-state index contributed by atoms with van der Waals surface area (Å²) in [6.45, 7) is 4.34. The van der Waals surface area contributed by atoms with Crippen LogP contribution in [0.15, 0.2) is 29.2 Å². The molecule has 0 radical (unpaired) electrons. The van der Waals surface area contributed by atoms with Gasteiger partial charge in [0.2, 0.25) is 0 Å². The minimum Gasteiger partial charge on any atom is -0.385 e. The van der Waals surface area contributed by atoms with Gasteiger partial charge in [0.1, 0.15) is 0 Å². The zero-order chi connectivity index (χ0) is 11.6. The first-order valence-corrected chi connectivity index (χ1v) is 6.96. The molecular weight excluding hydrogens is 216 g/mol. The van der Waals surface area contributed by atoms with Crippen molar-refractivity contribution in [3.63, 3.8) is 0 Å². The Morgan fingerprint density at radius 1 is 1.06 bits per heavy atom. The molecule has 0 amide bonds. The van der Waals surface area contributed by atoms with E-state index in [0.717, 1.165) is 18.8 Å². The zero-order valence-electron chi connectivity index (χ0n) is 10.3. The topological polar surface area (TPSA) is 24.1 Å². The Kier molecular flexibility index (Phi) is 7.10. The lowest BCUT2D eigenvalue weighted by molar-refractivity contribution is 0.694. The lowest BCUT2D eigenvalue weighted by atomic mass is 10.3. The van der Waals surface area contributed by atoms with E-state index in [2.05, 4.69) is 41.8 Å². The van der Waals surface area contributed by atoms with Gasteiger partial charge in [0.25, 0.3) is 0 Å². The molecule has 2 nitrogen and oxygen atoms in total. The van der Waals surface area contributed by atoms with Gasteiger partial charge in [0.15, 0.2) is 0 Å². The largest absolute Gasteiger partial charge is 0.385 e. The van der Waals surface area contributed by atoms with E-state index < -0.39 is 0 Å². The minimum absolute atomic E-state index is 1.06. The van der Waals surface area contributed by atoms with Crippen LogP contribution in [0.5, 0.6) is 0 Å². The summed E-state index contributed by atoms with van der Waals surface area (Å²) in [5.41, 5.74) is 1.23. The summed E-state index contributed by atoms with van der Waals surface area (Å²) in [5, 5.41) is 6.59. The first-order valence-electron chi connectivity index (χ1n) is 5.98. The Morgan fingerprint density at radius 3 is 2.38 bits per heavy atom. The summed E-state index contributed by atoms with van der Waals surface area (Å²) in [6, 6.07) is 8.69. The van der Waals surface area contributed by atoms with Gasteiger partial charge in [0, 0.05) is 17.1 Å². The van der Waals surface area contributed by atoms with Gasteiger partial charge in [-0.15, -0.1) is 11.8 Å². The molecule has 0 aromatic heterocycles. The molecule has 90 valence electrons. The molecule has 1 aromatic rings. The van der Waals surface area contributed by atoms with Gasteiger partial charge in [0.05, 0.1) is 0 Å². The van der Waals surface area contributed by atoms with Crippen molar-refractivity contribution in [2.45, 2.75) is 24.7 Å². The highest BCUT2D eigenvalue weighted by atomic mass is 32.2. The van der Waals surface area contributed by atoms with Gasteiger partial charge in [-0.2, -0.15) is 0 Å². The van der Waals surface area contributed by atoms with Crippen LogP contribution in [-0.2, 0) is 0 Å². The molecule has 2 N–H and O–H groups in total. The Morgan fingerprint density at radius 2 is 1.75 bits per heavy atom. The molecule has 3 heteroatoms. The Hall–Kier alpha value is -0.670. The summed E-state index contributed by atoms with van der Waals surface area (Å²) in [7, 11) is 2.00. The van der Waals surface area contributed by atoms with Gasteiger partial charge < -0.3 is 10.6 Å². The molecule has 0 aliphatic heterocycles. The third-order valence-corrected chi connectivity index (χ3v) is 3.24. The molecule has 0 unspecified atom stereocenters. The van der Waals surface area contributed by atoms with E-state index in [0.29, 0.717) is 0 Å². The Balaban J connectivity index is 2.21. The number of hydrogen-bond acceptors (Lipinski definition) is 3. The monoisotopic (exact) mass is 238 g/mol. The van der Waals surface area contributed by atoms with Crippen molar-refractivity contribution in [2.24, 2.45) is 0 Å². The molecule has 0 bridgehead atoms. The van der Waals surface area contributed by atoms with Crippen LogP contribution in [0, 0.1) is 0 Å². The van der Waals surface area contributed by atoms with Crippen LogP contribution < -0.4 is 10.6 Å². The predicted molar refractivity (Wildman–Crippen MR) is 74.5 cm³/mol. The fraction of sp³-hybridized carbons (Fsp3) is 0.538.